The molecule has 0 unspecified atom stereocenters. The van der Waals surface area contributed by atoms with Crippen LogP contribution in [-0.4, -0.2) is 33.2 Å². The van der Waals surface area contributed by atoms with Gasteiger partial charge in [-0.25, -0.2) is 0 Å². The van der Waals surface area contributed by atoms with Crippen molar-refractivity contribution in [3.8, 4) is 0 Å². The molecule has 1 aromatic heterocycles. The van der Waals surface area contributed by atoms with E-state index in [-0.39, 0.29) is 18.0 Å². The molecule has 0 spiro atoms. The summed E-state index contributed by atoms with van der Waals surface area (Å²) >= 11 is 0. The predicted molar refractivity (Wildman–Crippen MR) is 73.3 cm³/mol. The summed E-state index contributed by atoms with van der Waals surface area (Å²) in [4.78, 5) is 14.0. The molecule has 1 rings (SSSR count). The van der Waals surface area contributed by atoms with E-state index in [4.69, 9.17) is 5.73 Å². The van der Waals surface area contributed by atoms with Crippen molar-refractivity contribution in [2.75, 3.05) is 12.8 Å². The molecule has 18 heavy (non-hydrogen) atoms. The van der Waals surface area contributed by atoms with Gasteiger partial charge >= 0.3 is 0 Å². The number of nitrogen functional groups attached to an aromatic ring is 1. The molecule has 1 amide bonds. The molecule has 102 valence electrons. The standard InChI is InChI=1S/C13H24N4O/c1-7-13(4,5)16(6)11(18)8-17-10(3)12(14)9(2)15-17/h7-8,14H2,1-6H3. The maximum atomic E-state index is 12.2. The van der Waals surface area contributed by atoms with Crippen LogP contribution in [0.1, 0.15) is 38.6 Å². The molecule has 1 aromatic rings. The molecule has 0 fully saturated rings. The number of amides is 1. The van der Waals surface area contributed by atoms with Gasteiger partial charge in [0.1, 0.15) is 6.54 Å². The summed E-state index contributed by atoms with van der Waals surface area (Å²) in [6.07, 6.45) is 0.911. The number of nitrogens with zero attached hydrogens (tertiary/aromatic N) is 3. The van der Waals surface area contributed by atoms with E-state index in [1.807, 2.05) is 20.9 Å². The number of aryl methyl sites for hydroxylation is 1. The molecule has 0 aliphatic carbocycles. The van der Waals surface area contributed by atoms with Crippen molar-refractivity contribution in [2.24, 2.45) is 0 Å². The zero-order chi connectivity index (χ0) is 14.1. The molecular formula is C13H24N4O. The van der Waals surface area contributed by atoms with E-state index < -0.39 is 0 Å². The van der Waals surface area contributed by atoms with Gasteiger partial charge < -0.3 is 10.6 Å². The van der Waals surface area contributed by atoms with Crippen LogP contribution in [0.25, 0.3) is 0 Å². The molecule has 0 bridgehead atoms. The van der Waals surface area contributed by atoms with Crippen molar-refractivity contribution < 1.29 is 4.79 Å². The molecule has 0 atom stereocenters. The lowest BCUT2D eigenvalue weighted by atomic mass is 10.00. The van der Waals surface area contributed by atoms with Crippen LogP contribution in [0.5, 0.6) is 0 Å². The molecule has 5 nitrogen and oxygen atoms in total. The second-order valence-corrected chi connectivity index (χ2v) is 5.36. The number of anilines is 1. The average Bonchev–Trinajstić information content (AvgIpc) is 2.56. The van der Waals surface area contributed by atoms with Gasteiger partial charge in [0.2, 0.25) is 5.91 Å². The summed E-state index contributed by atoms with van der Waals surface area (Å²) in [5, 5.41) is 4.28. The summed E-state index contributed by atoms with van der Waals surface area (Å²) < 4.78 is 1.68. The Labute approximate surface area is 109 Å². The Kier molecular flexibility index (Phi) is 4.04. The molecule has 5 heteroatoms. The Morgan fingerprint density at radius 3 is 2.39 bits per heavy atom. The normalized spacial score (nSPS) is 11.7. The minimum atomic E-state index is -0.140. The summed E-state index contributed by atoms with van der Waals surface area (Å²) in [5.74, 6) is 0.0486. The zero-order valence-electron chi connectivity index (χ0n) is 12.2. The van der Waals surface area contributed by atoms with Gasteiger partial charge in [0.15, 0.2) is 0 Å². The monoisotopic (exact) mass is 252 g/mol. The summed E-state index contributed by atoms with van der Waals surface area (Å²) in [5.41, 5.74) is 8.01. The Hall–Kier alpha value is -1.52. The van der Waals surface area contributed by atoms with Crippen molar-refractivity contribution >= 4 is 11.6 Å². The average molecular weight is 252 g/mol. The number of rotatable bonds is 4. The number of carbonyl (C=O) groups is 1. The lowest BCUT2D eigenvalue weighted by Gasteiger charge is -2.34. The molecule has 0 radical (unpaired) electrons. The lowest BCUT2D eigenvalue weighted by molar-refractivity contribution is -0.135. The van der Waals surface area contributed by atoms with Gasteiger partial charge in [-0.2, -0.15) is 5.10 Å². The van der Waals surface area contributed by atoms with E-state index in [9.17, 15) is 4.79 Å². The Morgan fingerprint density at radius 1 is 1.44 bits per heavy atom. The first kappa shape index (κ1) is 14.5. The van der Waals surface area contributed by atoms with Gasteiger partial charge in [-0.3, -0.25) is 9.48 Å². The smallest absolute Gasteiger partial charge is 0.244 e. The Morgan fingerprint density at radius 2 is 2.00 bits per heavy atom. The number of aromatic nitrogens is 2. The molecule has 1 heterocycles. The minimum Gasteiger partial charge on any atom is -0.396 e. The van der Waals surface area contributed by atoms with Crippen molar-refractivity contribution in [3.63, 3.8) is 0 Å². The van der Waals surface area contributed by atoms with E-state index in [1.54, 1.807) is 9.58 Å². The van der Waals surface area contributed by atoms with Crippen molar-refractivity contribution in [1.82, 2.24) is 14.7 Å². The fraction of sp³-hybridized carbons (Fsp3) is 0.692. The van der Waals surface area contributed by atoms with Gasteiger partial charge in [-0.15, -0.1) is 0 Å². The van der Waals surface area contributed by atoms with Crippen LogP contribution in [0, 0.1) is 13.8 Å². The van der Waals surface area contributed by atoms with E-state index in [0.29, 0.717) is 5.69 Å². The predicted octanol–water partition coefficient (Wildman–Crippen LogP) is 1.73. The zero-order valence-corrected chi connectivity index (χ0v) is 12.2. The molecule has 0 saturated carbocycles. The van der Waals surface area contributed by atoms with Crippen LogP contribution in [0.15, 0.2) is 0 Å². The van der Waals surface area contributed by atoms with E-state index in [2.05, 4.69) is 25.9 Å². The maximum absolute atomic E-state index is 12.2. The minimum absolute atomic E-state index is 0.0486. The van der Waals surface area contributed by atoms with Crippen molar-refractivity contribution in [2.45, 2.75) is 53.1 Å². The molecule has 0 aliphatic heterocycles. The Bertz CT molecular complexity index is 448. The molecule has 0 aliphatic rings. The van der Waals surface area contributed by atoms with Gasteiger partial charge in [0.25, 0.3) is 0 Å². The highest BCUT2D eigenvalue weighted by atomic mass is 16.2. The maximum Gasteiger partial charge on any atom is 0.244 e. The van der Waals surface area contributed by atoms with Crippen LogP contribution >= 0.6 is 0 Å². The largest absolute Gasteiger partial charge is 0.396 e. The first-order valence-corrected chi connectivity index (χ1v) is 6.26. The number of hydrogen-bond donors (Lipinski definition) is 1. The van der Waals surface area contributed by atoms with Crippen LogP contribution < -0.4 is 5.73 Å². The molecule has 0 saturated heterocycles. The number of likely N-dealkylation sites (N-methyl/N-ethyl adjacent to an activating group) is 1. The first-order valence-electron chi connectivity index (χ1n) is 6.26. The van der Waals surface area contributed by atoms with Gasteiger partial charge in [-0.05, 0) is 34.1 Å². The number of hydrogen-bond acceptors (Lipinski definition) is 3. The summed E-state index contributed by atoms with van der Waals surface area (Å²) in [7, 11) is 1.83. The van der Waals surface area contributed by atoms with Crippen LogP contribution in [0.2, 0.25) is 0 Å². The topological polar surface area (TPSA) is 64.2 Å². The van der Waals surface area contributed by atoms with Gasteiger partial charge in [0, 0.05) is 12.6 Å². The van der Waals surface area contributed by atoms with E-state index in [0.717, 1.165) is 17.8 Å². The lowest BCUT2D eigenvalue weighted by Crippen LogP contribution is -2.46. The second-order valence-electron chi connectivity index (χ2n) is 5.36. The Balaban J connectivity index is 2.85. The second kappa shape index (κ2) is 5.00. The number of nitrogens with two attached hydrogens (primary N) is 1. The van der Waals surface area contributed by atoms with E-state index >= 15 is 0 Å². The first-order chi connectivity index (χ1) is 8.20. The fourth-order valence-electron chi connectivity index (χ4n) is 1.67. The SMILES string of the molecule is CCC(C)(C)N(C)C(=O)Cn1nc(C)c(N)c1C. The molecule has 2 N–H and O–H groups in total. The molecule has 0 aromatic carbocycles. The third-order valence-electron chi connectivity index (χ3n) is 3.87. The highest BCUT2D eigenvalue weighted by Gasteiger charge is 2.26. The highest BCUT2D eigenvalue weighted by Crippen LogP contribution is 2.18. The van der Waals surface area contributed by atoms with Crippen molar-refractivity contribution in [1.29, 1.82) is 0 Å². The van der Waals surface area contributed by atoms with Crippen LogP contribution in [0.4, 0.5) is 5.69 Å². The van der Waals surface area contributed by atoms with E-state index in [1.165, 1.54) is 0 Å². The van der Waals surface area contributed by atoms with Crippen molar-refractivity contribution in [3.05, 3.63) is 11.4 Å². The summed E-state index contributed by atoms with van der Waals surface area (Å²) in [6, 6.07) is 0. The number of carbonyl (C=O) groups excluding carboxylic acids is 1. The third kappa shape index (κ3) is 2.66. The van der Waals surface area contributed by atoms with Crippen LogP contribution in [0.3, 0.4) is 0 Å². The molecular weight excluding hydrogens is 228 g/mol. The highest BCUT2D eigenvalue weighted by molar-refractivity contribution is 5.76. The quantitative estimate of drug-likeness (QED) is 0.887. The third-order valence-corrected chi connectivity index (χ3v) is 3.87. The van der Waals surface area contributed by atoms with Crippen LogP contribution in [-0.2, 0) is 11.3 Å². The fourth-order valence-corrected chi connectivity index (χ4v) is 1.67. The van der Waals surface area contributed by atoms with Gasteiger partial charge in [-0.1, -0.05) is 6.92 Å². The summed E-state index contributed by atoms with van der Waals surface area (Å²) in [6.45, 7) is 10.2. The van der Waals surface area contributed by atoms with Gasteiger partial charge in [0.05, 0.1) is 17.1 Å².